The molecule has 0 fully saturated rings. The second kappa shape index (κ2) is 10.8. The summed E-state index contributed by atoms with van der Waals surface area (Å²) in [4.78, 5) is 35.0. The summed E-state index contributed by atoms with van der Waals surface area (Å²) < 4.78 is 29.6. The number of nitrogens with one attached hydrogen (secondary N) is 1. The number of esters is 1. The average molecular weight is 415 g/mol. The minimum absolute atomic E-state index is 0.224. The smallest absolute Gasteiger partial charge is 0.331 e. The molecule has 30 heavy (non-hydrogen) atoms. The van der Waals surface area contributed by atoms with Gasteiger partial charge in [-0.05, 0) is 48.9 Å². The Morgan fingerprint density at radius 3 is 2.50 bits per heavy atom. The standard InChI is InChI=1S/C22H22FNO6/c1-4-29-20-9-5-15(11-21(20)28-3)6-10-22(27)30-13-19(26)17-8-7-16(12-18(17)23)24-14(2)25/h5-12H,4,13H2,1-3H3,(H,24,25)/b10-6+. The van der Waals surface area contributed by atoms with E-state index in [4.69, 9.17) is 14.2 Å². The SMILES string of the molecule is CCOc1ccc(/C=C/C(=O)OCC(=O)c2ccc(NC(C)=O)cc2F)cc1OC. The molecule has 0 saturated carbocycles. The zero-order valence-electron chi connectivity index (χ0n) is 16.9. The summed E-state index contributed by atoms with van der Waals surface area (Å²) in [5.41, 5.74) is 0.651. The van der Waals surface area contributed by atoms with E-state index in [1.54, 1.807) is 18.2 Å². The van der Waals surface area contributed by atoms with Crippen molar-refractivity contribution in [1.82, 2.24) is 0 Å². The Balaban J connectivity index is 1.95. The van der Waals surface area contributed by atoms with Crippen LogP contribution in [-0.2, 0) is 14.3 Å². The zero-order chi connectivity index (χ0) is 22.1. The van der Waals surface area contributed by atoms with Gasteiger partial charge >= 0.3 is 5.97 Å². The van der Waals surface area contributed by atoms with E-state index in [0.717, 1.165) is 12.1 Å². The molecule has 0 aliphatic carbocycles. The van der Waals surface area contributed by atoms with Gasteiger partial charge in [0.05, 0.1) is 19.3 Å². The summed E-state index contributed by atoms with van der Waals surface area (Å²) >= 11 is 0. The number of ether oxygens (including phenoxy) is 3. The molecule has 0 aliphatic heterocycles. The third kappa shape index (κ3) is 6.44. The van der Waals surface area contributed by atoms with Gasteiger partial charge in [-0.3, -0.25) is 9.59 Å². The molecule has 0 radical (unpaired) electrons. The number of hydrogen-bond acceptors (Lipinski definition) is 6. The van der Waals surface area contributed by atoms with Crippen LogP contribution in [0.2, 0.25) is 0 Å². The van der Waals surface area contributed by atoms with Gasteiger partial charge in [0, 0.05) is 18.7 Å². The third-order valence-corrected chi connectivity index (χ3v) is 3.83. The molecule has 2 aromatic rings. The Hall–Kier alpha value is -3.68. The van der Waals surface area contributed by atoms with E-state index < -0.39 is 24.2 Å². The molecular weight excluding hydrogens is 393 g/mol. The van der Waals surface area contributed by atoms with Gasteiger partial charge < -0.3 is 19.5 Å². The molecule has 7 nitrogen and oxygen atoms in total. The van der Waals surface area contributed by atoms with Crippen molar-refractivity contribution in [3.8, 4) is 11.5 Å². The van der Waals surface area contributed by atoms with Crippen molar-refractivity contribution >= 4 is 29.4 Å². The van der Waals surface area contributed by atoms with Gasteiger partial charge in [-0.1, -0.05) is 6.07 Å². The molecular formula is C22H22FNO6. The van der Waals surface area contributed by atoms with E-state index >= 15 is 0 Å². The second-order valence-corrected chi connectivity index (χ2v) is 6.08. The number of methoxy groups -OCH3 is 1. The highest BCUT2D eigenvalue weighted by molar-refractivity contribution is 5.99. The predicted octanol–water partition coefficient (Wildman–Crippen LogP) is 3.63. The maximum absolute atomic E-state index is 14.1. The average Bonchev–Trinajstić information content (AvgIpc) is 2.71. The highest BCUT2D eigenvalue weighted by atomic mass is 19.1. The molecule has 1 N–H and O–H groups in total. The largest absolute Gasteiger partial charge is 0.493 e. The van der Waals surface area contributed by atoms with Gasteiger partial charge in [-0.2, -0.15) is 0 Å². The molecule has 0 saturated heterocycles. The van der Waals surface area contributed by atoms with Crippen molar-refractivity contribution in [2.75, 3.05) is 25.6 Å². The van der Waals surface area contributed by atoms with Crippen LogP contribution in [0.1, 0.15) is 29.8 Å². The Bertz CT molecular complexity index is 970. The molecule has 0 atom stereocenters. The van der Waals surface area contributed by atoms with Crippen LogP contribution in [0.15, 0.2) is 42.5 Å². The van der Waals surface area contributed by atoms with E-state index in [1.165, 1.54) is 32.2 Å². The minimum Gasteiger partial charge on any atom is -0.493 e. The number of rotatable bonds is 9. The molecule has 0 aliphatic rings. The molecule has 8 heteroatoms. The first kappa shape index (κ1) is 22.6. The van der Waals surface area contributed by atoms with Crippen molar-refractivity contribution < 1.29 is 33.0 Å². The molecule has 0 spiro atoms. The van der Waals surface area contributed by atoms with Gasteiger partial charge in [0.25, 0.3) is 0 Å². The fourth-order valence-corrected chi connectivity index (χ4v) is 2.51. The zero-order valence-corrected chi connectivity index (χ0v) is 16.9. The molecule has 0 unspecified atom stereocenters. The molecule has 0 aromatic heterocycles. The number of amides is 1. The minimum atomic E-state index is -0.820. The fraction of sp³-hybridized carbons (Fsp3) is 0.227. The summed E-state index contributed by atoms with van der Waals surface area (Å²) in [5, 5.41) is 2.41. The topological polar surface area (TPSA) is 90.9 Å². The third-order valence-electron chi connectivity index (χ3n) is 3.83. The Morgan fingerprint density at radius 2 is 1.87 bits per heavy atom. The molecule has 2 rings (SSSR count). The van der Waals surface area contributed by atoms with Gasteiger partial charge in [0.15, 0.2) is 18.1 Å². The van der Waals surface area contributed by atoms with Crippen molar-refractivity contribution in [3.63, 3.8) is 0 Å². The monoisotopic (exact) mass is 415 g/mol. The summed E-state index contributed by atoms with van der Waals surface area (Å²) in [6.45, 7) is 3.01. The maximum atomic E-state index is 14.1. The lowest BCUT2D eigenvalue weighted by molar-refractivity contribution is -0.136. The first-order valence-electron chi connectivity index (χ1n) is 9.10. The highest BCUT2D eigenvalue weighted by Gasteiger charge is 2.14. The van der Waals surface area contributed by atoms with Gasteiger partial charge in [0.2, 0.25) is 11.7 Å². The maximum Gasteiger partial charge on any atom is 0.331 e. The van der Waals surface area contributed by atoms with Crippen LogP contribution in [0.3, 0.4) is 0 Å². The molecule has 1 amide bonds. The molecule has 2 aromatic carbocycles. The van der Waals surface area contributed by atoms with Crippen LogP contribution in [0.25, 0.3) is 6.08 Å². The quantitative estimate of drug-likeness (QED) is 0.382. The van der Waals surface area contributed by atoms with E-state index in [-0.39, 0.29) is 17.2 Å². The Kier molecular flexibility index (Phi) is 8.10. The van der Waals surface area contributed by atoms with Crippen LogP contribution >= 0.6 is 0 Å². The van der Waals surface area contributed by atoms with Crippen molar-refractivity contribution in [1.29, 1.82) is 0 Å². The number of benzene rings is 2. The Morgan fingerprint density at radius 1 is 1.10 bits per heavy atom. The number of Topliss-reactive ketones (excluding diaryl/α,β-unsaturated/α-hetero) is 1. The summed E-state index contributed by atoms with van der Waals surface area (Å²) in [7, 11) is 1.51. The highest BCUT2D eigenvalue weighted by Crippen LogP contribution is 2.28. The Labute approximate surface area is 173 Å². The second-order valence-electron chi connectivity index (χ2n) is 6.08. The lowest BCUT2D eigenvalue weighted by Crippen LogP contribution is -2.14. The predicted molar refractivity (Wildman–Crippen MR) is 109 cm³/mol. The number of halogens is 1. The van der Waals surface area contributed by atoms with Crippen LogP contribution in [0.5, 0.6) is 11.5 Å². The first-order chi connectivity index (χ1) is 14.3. The van der Waals surface area contributed by atoms with E-state index in [2.05, 4.69) is 5.32 Å². The number of carbonyl (C=O) groups is 3. The number of hydrogen-bond donors (Lipinski definition) is 1. The normalized spacial score (nSPS) is 10.5. The molecule has 0 bridgehead atoms. The van der Waals surface area contributed by atoms with Crippen LogP contribution in [-0.4, -0.2) is 38.0 Å². The fourth-order valence-electron chi connectivity index (χ4n) is 2.51. The first-order valence-corrected chi connectivity index (χ1v) is 9.10. The lowest BCUT2D eigenvalue weighted by Gasteiger charge is -2.09. The van der Waals surface area contributed by atoms with Gasteiger partial charge in [-0.15, -0.1) is 0 Å². The van der Waals surface area contributed by atoms with Crippen LogP contribution in [0, 0.1) is 5.82 Å². The summed E-state index contributed by atoms with van der Waals surface area (Å²) in [6, 6.07) is 8.76. The van der Waals surface area contributed by atoms with E-state index in [0.29, 0.717) is 23.7 Å². The number of carbonyl (C=O) groups excluding carboxylic acids is 3. The van der Waals surface area contributed by atoms with Crippen molar-refractivity contribution in [3.05, 3.63) is 59.4 Å². The summed E-state index contributed by atoms with van der Waals surface area (Å²) in [5.74, 6) is -1.55. The van der Waals surface area contributed by atoms with Crippen molar-refractivity contribution in [2.45, 2.75) is 13.8 Å². The van der Waals surface area contributed by atoms with Crippen molar-refractivity contribution in [2.24, 2.45) is 0 Å². The van der Waals surface area contributed by atoms with Gasteiger partial charge in [-0.25, -0.2) is 9.18 Å². The number of ketones is 1. The molecule has 0 heterocycles. The summed E-state index contributed by atoms with van der Waals surface area (Å²) in [6.07, 6.45) is 2.65. The van der Waals surface area contributed by atoms with Gasteiger partial charge in [0.1, 0.15) is 5.82 Å². The van der Waals surface area contributed by atoms with E-state index in [9.17, 15) is 18.8 Å². The van der Waals surface area contributed by atoms with E-state index in [1.807, 2.05) is 6.92 Å². The van der Waals surface area contributed by atoms with Crippen LogP contribution < -0.4 is 14.8 Å². The van der Waals surface area contributed by atoms with Crippen LogP contribution in [0.4, 0.5) is 10.1 Å². The number of anilines is 1. The lowest BCUT2D eigenvalue weighted by atomic mass is 10.1. The molecule has 158 valence electrons.